The molecule has 0 saturated heterocycles. The van der Waals surface area contributed by atoms with E-state index in [1.807, 2.05) is 6.08 Å². The van der Waals surface area contributed by atoms with Crippen molar-refractivity contribution in [3.63, 3.8) is 0 Å². The van der Waals surface area contributed by atoms with Crippen LogP contribution in [0.25, 0.3) is 93.6 Å². The fraction of sp³-hybridized carbons (Fsp3) is 0.0909. The van der Waals surface area contributed by atoms with Crippen LogP contribution in [0.15, 0.2) is 171 Å². The SMILES string of the molecule is C=Cc1cccc(/C(=C/C=C\C)C(=C)c2cc3c4cc(-c5cccc(-c6ccc7c8ccccc8c8ccccc8c7c6)c5)ccc4n(C)c3cc2C)c1CC. The van der Waals surface area contributed by atoms with Crippen molar-refractivity contribution in [1.29, 1.82) is 0 Å². The minimum absolute atomic E-state index is 0.915. The first-order valence-electron chi connectivity index (χ1n) is 19.6. The molecule has 1 nitrogen and oxygen atoms in total. The summed E-state index contributed by atoms with van der Waals surface area (Å²) in [6, 6.07) is 51.7. The van der Waals surface area contributed by atoms with E-state index in [2.05, 4.69) is 197 Å². The molecule has 8 aromatic carbocycles. The van der Waals surface area contributed by atoms with Gasteiger partial charge in [0, 0.05) is 28.9 Å². The summed E-state index contributed by atoms with van der Waals surface area (Å²) in [4.78, 5) is 0. The second-order valence-electron chi connectivity index (χ2n) is 14.9. The maximum Gasteiger partial charge on any atom is 0.0491 e. The molecule has 0 aliphatic carbocycles. The fourth-order valence-electron chi connectivity index (χ4n) is 8.96. The molecule has 56 heavy (non-hydrogen) atoms. The molecule has 1 heterocycles. The van der Waals surface area contributed by atoms with E-state index in [4.69, 9.17) is 6.58 Å². The van der Waals surface area contributed by atoms with E-state index in [-0.39, 0.29) is 0 Å². The summed E-state index contributed by atoms with van der Waals surface area (Å²) in [5, 5.41) is 10.2. The van der Waals surface area contributed by atoms with Crippen LogP contribution in [0.1, 0.15) is 41.7 Å². The lowest BCUT2D eigenvalue weighted by Gasteiger charge is -2.18. The summed E-state index contributed by atoms with van der Waals surface area (Å²) in [5.74, 6) is 0. The van der Waals surface area contributed by atoms with Gasteiger partial charge in [-0.3, -0.25) is 0 Å². The molecular weight excluding hydrogens is 675 g/mol. The number of fused-ring (bicyclic) bond motifs is 9. The Morgan fingerprint density at radius 2 is 1.14 bits per heavy atom. The normalized spacial score (nSPS) is 12.2. The summed E-state index contributed by atoms with van der Waals surface area (Å²) < 4.78 is 2.33. The van der Waals surface area contributed by atoms with E-state index >= 15 is 0 Å². The molecular formula is C55H45N. The van der Waals surface area contributed by atoms with E-state index in [1.54, 1.807) is 0 Å². The van der Waals surface area contributed by atoms with Crippen molar-refractivity contribution in [1.82, 2.24) is 4.57 Å². The lowest BCUT2D eigenvalue weighted by molar-refractivity contribution is 1.01. The zero-order valence-electron chi connectivity index (χ0n) is 32.7. The average Bonchev–Trinajstić information content (AvgIpc) is 3.52. The second-order valence-corrected chi connectivity index (χ2v) is 14.9. The Bertz CT molecular complexity index is 3090. The predicted octanol–water partition coefficient (Wildman–Crippen LogP) is 15.3. The highest BCUT2D eigenvalue weighted by atomic mass is 14.9. The van der Waals surface area contributed by atoms with Gasteiger partial charge in [0.15, 0.2) is 0 Å². The number of aromatic nitrogens is 1. The van der Waals surface area contributed by atoms with Crippen LogP contribution in [0, 0.1) is 6.92 Å². The predicted molar refractivity (Wildman–Crippen MR) is 246 cm³/mol. The van der Waals surface area contributed by atoms with Crippen molar-refractivity contribution < 1.29 is 0 Å². The molecule has 270 valence electrons. The van der Waals surface area contributed by atoms with Crippen molar-refractivity contribution in [2.24, 2.45) is 7.05 Å². The summed E-state index contributed by atoms with van der Waals surface area (Å²) in [6.45, 7) is 15.3. The highest BCUT2D eigenvalue weighted by Gasteiger charge is 2.18. The minimum atomic E-state index is 0.915. The molecule has 0 atom stereocenters. The Morgan fingerprint density at radius 1 is 0.571 bits per heavy atom. The molecule has 0 aliphatic heterocycles. The molecule has 1 aromatic heterocycles. The number of hydrogen-bond donors (Lipinski definition) is 0. The molecule has 1 heteroatoms. The number of aryl methyl sites for hydroxylation is 2. The molecule has 0 fully saturated rings. The van der Waals surface area contributed by atoms with Crippen LogP contribution < -0.4 is 0 Å². The van der Waals surface area contributed by atoms with Crippen LogP contribution in [0.2, 0.25) is 0 Å². The zero-order chi connectivity index (χ0) is 38.5. The molecule has 0 radical (unpaired) electrons. The third-order valence-corrected chi connectivity index (χ3v) is 11.8. The molecule has 9 rings (SSSR count). The Balaban J connectivity index is 1.15. The Hall–Kier alpha value is -6.70. The number of allylic oxidation sites excluding steroid dienone is 5. The Labute approximate surface area is 329 Å². The van der Waals surface area contributed by atoms with Crippen LogP contribution in [0.3, 0.4) is 0 Å². The molecule has 0 amide bonds. The van der Waals surface area contributed by atoms with Gasteiger partial charge < -0.3 is 4.57 Å². The van der Waals surface area contributed by atoms with Crippen molar-refractivity contribution in [2.75, 3.05) is 0 Å². The molecule has 0 aliphatic rings. The van der Waals surface area contributed by atoms with E-state index in [0.29, 0.717) is 0 Å². The third kappa shape index (κ3) is 5.71. The van der Waals surface area contributed by atoms with Gasteiger partial charge in [0.2, 0.25) is 0 Å². The summed E-state index contributed by atoms with van der Waals surface area (Å²) >= 11 is 0. The second kappa shape index (κ2) is 14.2. The van der Waals surface area contributed by atoms with Gasteiger partial charge in [0.25, 0.3) is 0 Å². The van der Waals surface area contributed by atoms with Gasteiger partial charge in [-0.15, -0.1) is 0 Å². The lowest BCUT2D eigenvalue weighted by atomic mass is 9.85. The number of nitrogens with zero attached hydrogens (tertiary/aromatic N) is 1. The van der Waals surface area contributed by atoms with E-state index in [0.717, 1.165) is 23.1 Å². The maximum absolute atomic E-state index is 4.76. The highest BCUT2D eigenvalue weighted by molar-refractivity contribution is 6.25. The average molecular weight is 720 g/mol. The molecule has 0 N–H and O–H groups in total. The molecule has 0 spiro atoms. The monoisotopic (exact) mass is 719 g/mol. The van der Waals surface area contributed by atoms with Gasteiger partial charge in [-0.1, -0.05) is 148 Å². The number of benzene rings is 8. The molecule has 9 aromatic rings. The van der Waals surface area contributed by atoms with Crippen molar-refractivity contribution in [3.8, 4) is 22.3 Å². The van der Waals surface area contributed by atoms with Crippen LogP contribution in [-0.4, -0.2) is 4.57 Å². The van der Waals surface area contributed by atoms with E-state index in [1.165, 1.54) is 98.6 Å². The topological polar surface area (TPSA) is 4.93 Å². The fourth-order valence-corrected chi connectivity index (χ4v) is 8.96. The van der Waals surface area contributed by atoms with Crippen LogP contribution >= 0.6 is 0 Å². The molecule has 0 saturated carbocycles. The van der Waals surface area contributed by atoms with Crippen molar-refractivity contribution >= 4 is 71.3 Å². The minimum Gasteiger partial charge on any atom is -0.344 e. The third-order valence-electron chi connectivity index (χ3n) is 11.8. The smallest absolute Gasteiger partial charge is 0.0491 e. The molecule has 0 unspecified atom stereocenters. The maximum atomic E-state index is 4.76. The largest absolute Gasteiger partial charge is 0.344 e. The highest BCUT2D eigenvalue weighted by Crippen LogP contribution is 2.41. The van der Waals surface area contributed by atoms with Gasteiger partial charge in [-0.05, 0) is 150 Å². The summed E-state index contributed by atoms with van der Waals surface area (Å²) in [5.41, 5.74) is 15.5. The summed E-state index contributed by atoms with van der Waals surface area (Å²) in [6.07, 6.45) is 9.29. The van der Waals surface area contributed by atoms with Crippen molar-refractivity contribution in [2.45, 2.75) is 27.2 Å². The van der Waals surface area contributed by atoms with Gasteiger partial charge in [0.05, 0.1) is 0 Å². The summed E-state index contributed by atoms with van der Waals surface area (Å²) in [7, 11) is 2.18. The zero-order valence-corrected chi connectivity index (χ0v) is 32.7. The quantitative estimate of drug-likeness (QED) is 0.109. The lowest BCUT2D eigenvalue weighted by Crippen LogP contribution is -1.99. The van der Waals surface area contributed by atoms with Crippen molar-refractivity contribution in [3.05, 3.63) is 199 Å². The van der Waals surface area contributed by atoms with Gasteiger partial charge in [0.1, 0.15) is 0 Å². The first-order valence-corrected chi connectivity index (χ1v) is 19.6. The number of hydrogen-bond acceptors (Lipinski definition) is 0. The molecule has 0 bridgehead atoms. The van der Waals surface area contributed by atoms with E-state index in [9.17, 15) is 0 Å². The van der Waals surface area contributed by atoms with Crippen LogP contribution in [0.4, 0.5) is 0 Å². The van der Waals surface area contributed by atoms with Gasteiger partial charge in [-0.2, -0.15) is 0 Å². The first-order chi connectivity index (χ1) is 27.4. The van der Waals surface area contributed by atoms with Gasteiger partial charge >= 0.3 is 0 Å². The van der Waals surface area contributed by atoms with Crippen LogP contribution in [-0.2, 0) is 13.5 Å². The Morgan fingerprint density at radius 3 is 1.79 bits per heavy atom. The Kier molecular flexibility index (Phi) is 8.87. The van der Waals surface area contributed by atoms with Crippen LogP contribution in [0.5, 0.6) is 0 Å². The number of rotatable bonds is 8. The first kappa shape index (κ1) is 35.0. The van der Waals surface area contributed by atoms with Gasteiger partial charge in [-0.25, -0.2) is 0 Å². The standard InChI is InChI=1S/C55H45N/c1-7-10-20-43(44-25-16-17-37(8-2)42(44)9-3)36(5)50-34-53-52-33-41(27-29-54(52)56(6)55(53)30-35(50)4)39-19-15-18-38(31-39)40-26-28-49-47-23-12-11-21-45(47)46-22-13-14-24-48(46)51(49)32-40/h7-8,10-34H,2,5,9H2,1,3-4,6H3/b10-7-,43-20+. The van der Waals surface area contributed by atoms with E-state index < -0.39 is 0 Å².